The van der Waals surface area contributed by atoms with Gasteiger partial charge in [-0.15, -0.1) is 0 Å². The number of carbonyl (C=O) groups is 1. The first-order chi connectivity index (χ1) is 9.99. The Labute approximate surface area is 129 Å². The molecule has 4 nitrogen and oxygen atoms in total. The molecule has 0 spiro atoms. The van der Waals surface area contributed by atoms with Crippen LogP contribution in [0.3, 0.4) is 0 Å². The normalized spacial score (nSPS) is 10.5. The van der Waals surface area contributed by atoms with Crippen molar-refractivity contribution in [2.75, 3.05) is 38.6 Å². The Morgan fingerprint density at radius 2 is 1.95 bits per heavy atom. The van der Waals surface area contributed by atoms with E-state index in [-0.39, 0.29) is 5.91 Å². The van der Waals surface area contributed by atoms with Gasteiger partial charge in [0.25, 0.3) is 0 Å². The Kier molecular flexibility index (Phi) is 7.23. The summed E-state index contributed by atoms with van der Waals surface area (Å²) in [6.07, 6.45) is 1.15. The van der Waals surface area contributed by atoms with Crippen LogP contribution >= 0.6 is 0 Å². The van der Waals surface area contributed by atoms with Crippen molar-refractivity contribution in [2.24, 2.45) is 0 Å². The van der Waals surface area contributed by atoms with Crippen LogP contribution in [-0.2, 0) is 11.3 Å². The van der Waals surface area contributed by atoms with E-state index in [2.05, 4.69) is 49.2 Å². The summed E-state index contributed by atoms with van der Waals surface area (Å²) in [4.78, 5) is 15.7. The quantitative estimate of drug-likeness (QED) is 0.747. The summed E-state index contributed by atoms with van der Waals surface area (Å²) >= 11 is 0. The van der Waals surface area contributed by atoms with Crippen LogP contribution < -0.4 is 10.2 Å². The van der Waals surface area contributed by atoms with Crippen molar-refractivity contribution in [1.29, 1.82) is 0 Å². The highest BCUT2D eigenvalue weighted by Gasteiger charge is 2.13. The van der Waals surface area contributed by atoms with Crippen LogP contribution in [0.2, 0.25) is 0 Å². The van der Waals surface area contributed by atoms with E-state index in [1.165, 1.54) is 11.1 Å². The number of rotatable bonds is 8. The number of anilines is 1. The van der Waals surface area contributed by atoms with Crippen LogP contribution in [0.1, 0.15) is 31.4 Å². The molecular weight excluding hydrogens is 262 g/mol. The Morgan fingerprint density at radius 1 is 1.24 bits per heavy atom. The number of benzene rings is 1. The van der Waals surface area contributed by atoms with E-state index >= 15 is 0 Å². The predicted octanol–water partition coefficient (Wildman–Crippen LogP) is 2.41. The lowest BCUT2D eigenvalue weighted by atomic mass is 10.1. The molecule has 1 aromatic carbocycles. The van der Waals surface area contributed by atoms with Crippen LogP contribution in [0.15, 0.2) is 18.2 Å². The van der Waals surface area contributed by atoms with Crippen molar-refractivity contribution < 1.29 is 4.79 Å². The molecule has 0 aromatic heterocycles. The number of amides is 1. The third-order valence-corrected chi connectivity index (χ3v) is 3.56. The zero-order valence-corrected chi connectivity index (χ0v) is 14.1. The summed E-state index contributed by atoms with van der Waals surface area (Å²) < 4.78 is 0. The van der Waals surface area contributed by atoms with Crippen molar-refractivity contribution in [1.82, 2.24) is 10.2 Å². The van der Waals surface area contributed by atoms with Crippen LogP contribution in [0, 0.1) is 6.92 Å². The van der Waals surface area contributed by atoms with Gasteiger partial charge < -0.3 is 15.1 Å². The summed E-state index contributed by atoms with van der Waals surface area (Å²) in [5, 5.41) is 3.41. The third kappa shape index (κ3) is 5.38. The lowest BCUT2D eigenvalue weighted by Gasteiger charge is -2.26. The van der Waals surface area contributed by atoms with Gasteiger partial charge in [0.1, 0.15) is 0 Å². The minimum Gasteiger partial charge on any atom is -0.362 e. The minimum atomic E-state index is 0.130. The minimum absolute atomic E-state index is 0.130. The first kappa shape index (κ1) is 17.5. The molecule has 0 bridgehead atoms. The van der Waals surface area contributed by atoms with Crippen LogP contribution in [0.25, 0.3) is 0 Å². The molecule has 0 aliphatic heterocycles. The van der Waals surface area contributed by atoms with E-state index in [1.54, 1.807) is 19.0 Å². The molecule has 0 radical (unpaired) electrons. The van der Waals surface area contributed by atoms with Gasteiger partial charge in [-0.3, -0.25) is 4.79 Å². The molecule has 0 aliphatic rings. The van der Waals surface area contributed by atoms with Gasteiger partial charge in [-0.05, 0) is 44.0 Å². The molecule has 1 N–H and O–H groups in total. The van der Waals surface area contributed by atoms with Gasteiger partial charge in [0, 0.05) is 32.9 Å². The summed E-state index contributed by atoms with van der Waals surface area (Å²) in [6, 6.07) is 6.49. The van der Waals surface area contributed by atoms with Gasteiger partial charge in [0.2, 0.25) is 5.91 Å². The number of carbonyl (C=O) groups excluding carboxylic acids is 1. The SMILES string of the molecule is CCCNCc1ccc(N(CC)CC(=O)N(C)C)c(C)c1. The molecule has 1 amide bonds. The number of aryl methyl sites for hydroxylation is 1. The Bertz CT molecular complexity index is 457. The van der Waals surface area contributed by atoms with E-state index in [1.807, 2.05) is 0 Å². The van der Waals surface area contributed by atoms with Gasteiger partial charge in [0.05, 0.1) is 6.54 Å². The number of hydrogen-bond donors (Lipinski definition) is 1. The highest BCUT2D eigenvalue weighted by atomic mass is 16.2. The molecule has 1 rings (SSSR count). The second-order valence-electron chi connectivity index (χ2n) is 5.60. The second-order valence-corrected chi connectivity index (χ2v) is 5.60. The van der Waals surface area contributed by atoms with E-state index < -0.39 is 0 Å². The van der Waals surface area contributed by atoms with Gasteiger partial charge in [-0.1, -0.05) is 19.1 Å². The predicted molar refractivity (Wildman–Crippen MR) is 89.8 cm³/mol. The van der Waals surface area contributed by atoms with Crippen molar-refractivity contribution in [3.05, 3.63) is 29.3 Å². The average Bonchev–Trinajstić information content (AvgIpc) is 2.45. The van der Waals surface area contributed by atoms with E-state index in [4.69, 9.17) is 0 Å². The molecule has 0 aliphatic carbocycles. The van der Waals surface area contributed by atoms with Gasteiger partial charge in [-0.25, -0.2) is 0 Å². The van der Waals surface area contributed by atoms with Crippen LogP contribution in [0.4, 0.5) is 5.69 Å². The molecular formula is C17H29N3O. The molecule has 0 saturated heterocycles. The van der Waals surface area contributed by atoms with E-state index in [0.29, 0.717) is 6.54 Å². The van der Waals surface area contributed by atoms with Crippen molar-refractivity contribution in [3.63, 3.8) is 0 Å². The second kappa shape index (κ2) is 8.67. The highest BCUT2D eigenvalue weighted by Crippen LogP contribution is 2.21. The topological polar surface area (TPSA) is 35.6 Å². The van der Waals surface area contributed by atoms with E-state index in [9.17, 15) is 4.79 Å². The highest BCUT2D eigenvalue weighted by molar-refractivity contribution is 5.81. The number of nitrogens with zero attached hydrogens (tertiary/aromatic N) is 2. The first-order valence-corrected chi connectivity index (χ1v) is 7.74. The fraction of sp³-hybridized carbons (Fsp3) is 0.588. The van der Waals surface area contributed by atoms with Gasteiger partial charge >= 0.3 is 0 Å². The third-order valence-electron chi connectivity index (χ3n) is 3.56. The van der Waals surface area contributed by atoms with Crippen LogP contribution in [0.5, 0.6) is 0 Å². The summed E-state index contributed by atoms with van der Waals surface area (Å²) in [7, 11) is 3.59. The molecule has 1 aromatic rings. The molecule has 0 unspecified atom stereocenters. The first-order valence-electron chi connectivity index (χ1n) is 7.74. The van der Waals surface area contributed by atoms with Gasteiger partial charge in [0.15, 0.2) is 0 Å². The van der Waals surface area contributed by atoms with Crippen molar-refractivity contribution in [3.8, 4) is 0 Å². The molecule has 0 heterocycles. The van der Waals surface area contributed by atoms with E-state index in [0.717, 1.165) is 31.7 Å². The Hall–Kier alpha value is -1.55. The molecule has 4 heteroatoms. The molecule has 0 atom stereocenters. The maximum Gasteiger partial charge on any atom is 0.241 e. The molecule has 0 saturated carbocycles. The Balaban J connectivity index is 2.78. The molecule has 0 fully saturated rings. The van der Waals surface area contributed by atoms with Crippen LogP contribution in [-0.4, -0.2) is 44.5 Å². The fourth-order valence-corrected chi connectivity index (χ4v) is 2.26. The smallest absolute Gasteiger partial charge is 0.241 e. The van der Waals surface area contributed by atoms with Gasteiger partial charge in [-0.2, -0.15) is 0 Å². The summed E-state index contributed by atoms with van der Waals surface area (Å²) in [5.41, 5.74) is 3.66. The maximum atomic E-state index is 11.9. The zero-order valence-electron chi connectivity index (χ0n) is 14.1. The molecule has 118 valence electrons. The van der Waals surface area contributed by atoms with Crippen molar-refractivity contribution in [2.45, 2.75) is 33.7 Å². The van der Waals surface area contributed by atoms with Crippen molar-refractivity contribution >= 4 is 11.6 Å². The number of nitrogens with one attached hydrogen (secondary N) is 1. The molecule has 21 heavy (non-hydrogen) atoms. The lowest BCUT2D eigenvalue weighted by Crippen LogP contribution is -2.36. The monoisotopic (exact) mass is 291 g/mol. The largest absolute Gasteiger partial charge is 0.362 e. The Morgan fingerprint density at radius 3 is 2.48 bits per heavy atom. The fourth-order valence-electron chi connectivity index (χ4n) is 2.26. The zero-order chi connectivity index (χ0) is 15.8. The lowest BCUT2D eigenvalue weighted by molar-refractivity contribution is -0.127. The number of hydrogen-bond acceptors (Lipinski definition) is 3. The maximum absolute atomic E-state index is 11.9. The standard InChI is InChI=1S/C17H29N3O/c1-6-10-18-12-15-8-9-16(14(3)11-15)20(7-2)13-17(21)19(4)5/h8-9,11,18H,6-7,10,12-13H2,1-5H3. The summed E-state index contributed by atoms with van der Waals surface area (Å²) in [6.45, 7) is 9.56. The summed E-state index contributed by atoms with van der Waals surface area (Å²) in [5.74, 6) is 0.130. The number of likely N-dealkylation sites (N-methyl/N-ethyl adjacent to an activating group) is 2. The average molecular weight is 291 g/mol.